The maximum absolute atomic E-state index is 12.9. The number of quaternary nitrogens is 2. The lowest BCUT2D eigenvalue weighted by molar-refractivity contribution is -0.908. The highest BCUT2D eigenvalue weighted by Gasteiger charge is 2.25. The topological polar surface area (TPSA) is 76.2 Å². The zero-order valence-corrected chi connectivity index (χ0v) is 19.2. The van der Waals surface area contributed by atoms with Crippen molar-refractivity contribution in [2.45, 2.75) is 20.3 Å². The molecule has 0 spiro atoms. The third kappa shape index (κ3) is 4.74. The van der Waals surface area contributed by atoms with Crippen molar-refractivity contribution in [1.82, 2.24) is 15.3 Å². The highest BCUT2D eigenvalue weighted by atomic mass is 32.1. The summed E-state index contributed by atoms with van der Waals surface area (Å²) in [6.07, 6.45) is 0.985. The van der Waals surface area contributed by atoms with Gasteiger partial charge in [0.2, 0.25) is 0 Å². The lowest BCUT2D eigenvalue weighted by Crippen LogP contribution is -3.14. The fraction of sp³-hybridized carbons (Fsp3) is 0.667. The van der Waals surface area contributed by atoms with Crippen LogP contribution in [0.4, 0.5) is 5.82 Å². The number of ether oxygens (including phenoxy) is 1. The van der Waals surface area contributed by atoms with E-state index in [-0.39, 0.29) is 5.91 Å². The lowest BCUT2D eigenvalue weighted by Gasteiger charge is -2.31. The van der Waals surface area contributed by atoms with Gasteiger partial charge in [-0.2, -0.15) is 0 Å². The van der Waals surface area contributed by atoms with Gasteiger partial charge in [0.15, 0.2) is 0 Å². The summed E-state index contributed by atoms with van der Waals surface area (Å²) in [5.74, 6) is 1.78. The number of rotatable bonds is 6. The quantitative estimate of drug-likeness (QED) is 0.492. The Labute approximate surface area is 182 Å². The molecule has 0 unspecified atom stereocenters. The maximum atomic E-state index is 12.9. The number of fused-ring (bicyclic) bond motifs is 1. The largest absolute Gasteiger partial charge is 0.370 e. The van der Waals surface area contributed by atoms with E-state index in [1.807, 2.05) is 13.8 Å². The Morgan fingerprint density at radius 2 is 1.90 bits per heavy atom. The molecule has 0 bridgehead atoms. The molecular weight excluding hydrogens is 400 g/mol. The van der Waals surface area contributed by atoms with Crippen molar-refractivity contribution in [3.8, 4) is 0 Å². The number of carbonyl (C=O) groups is 1. The Balaban J connectivity index is 1.45. The van der Waals surface area contributed by atoms with Gasteiger partial charge in [-0.15, -0.1) is 11.3 Å². The Morgan fingerprint density at radius 3 is 2.63 bits per heavy atom. The average molecular weight is 435 g/mol. The molecule has 2 fully saturated rings. The predicted molar refractivity (Wildman–Crippen MR) is 119 cm³/mol. The zero-order valence-electron chi connectivity index (χ0n) is 18.3. The molecule has 1 amide bonds. The van der Waals surface area contributed by atoms with E-state index in [1.54, 1.807) is 9.80 Å². The first kappa shape index (κ1) is 21.4. The molecule has 0 radical (unpaired) electrons. The fourth-order valence-electron chi connectivity index (χ4n) is 4.30. The normalized spacial score (nSPS) is 18.8. The molecule has 2 aromatic heterocycles. The number of hydrogen-bond acceptors (Lipinski definition) is 6. The van der Waals surface area contributed by atoms with E-state index >= 15 is 0 Å². The summed E-state index contributed by atoms with van der Waals surface area (Å²) in [6, 6.07) is 0. The third-order valence-electron chi connectivity index (χ3n) is 6.20. The van der Waals surface area contributed by atoms with Gasteiger partial charge in [-0.05, 0) is 19.4 Å². The van der Waals surface area contributed by atoms with Crippen LogP contribution >= 0.6 is 11.3 Å². The number of aromatic nitrogens is 2. The number of likely N-dealkylation sites (N-methyl/N-ethyl adjacent to an activating group) is 1. The Morgan fingerprint density at radius 1 is 1.17 bits per heavy atom. The van der Waals surface area contributed by atoms with Gasteiger partial charge in [0.25, 0.3) is 5.91 Å². The van der Waals surface area contributed by atoms with Crippen molar-refractivity contribution in [2.24, 2.45) is 0 Å². The number of anilines is 1. The average Bonchev–Trinajstić information content (AvgIpc) is 3.08. The number of thiophene rings is 1. The van der Waals surface area contributed by atoms with Gasteiger partial charge < -0.3 is 24.8 Å². The summed E-state index contributed by atoms with van der Waals surface area (Å²) in [7, 11) is 2.23. The summed E-state index contributed by atoms with van der Waals surface area (Å²) in [6.45, 7) is 13.8. The van der Waals surface area contributed by atoms with Crippen molar-refractivity contribution >= 4 is 33.3 Å². The molecule has 2 saturated heterocycles. The molecule has 8 nitrogen and oxygen atoms in total. The van der Waals surface area contributed by atoms with E-state index in [1.165, 1.54) is 11.3 Å². The highest BCUT2D eigenvalue weighted by molar-refractivity contribution is 7.20. The number of carbonyl (C=O) groups excluding carboxylic acids is 1. The molecule has 0 aromatic carbocycles. The monoisotopic (exact) mass is 434 g/mol. The summed E-state index contributed by atoms with van der Waals surface area (Å²) in [5, 5.41) is 4.17. The van der Waals surface area contributed by atoms with Crippen LogP contribution in [0.1, 0.15) is 27.5 Å². The van der Waals surface area contributed by atoms with Crippen LogP contribution in [0.2, 0.25) is 0 Å². The molecule has 164 valence electrons. The molecule has 0 aliphatic carbocycles. The lowest BCUT2D eigenvalue weighted by atomic mass is 10.1. The number of aryl methyl sites for hydroxylation is 2. The number of hydrogen-bond donors (Lipinski definition) is 3. The van der Waals surface area contributed by atoms with Crippen molar-refractivity contribution in [3.63, 3.8) is 0 Å². The molecule has 0 atom stereocenters. The molecule has 2 aliphatic heterocycles. The van der Waals surface area contributed by atoms with E-state index in [9.17, 15) is 4.79 Å². The van der Waals surface area contributed by atoms with Crippen LogP contribution in [-0.2, 0) is 4.74 Å². The van der Waals surface area contributed by atoms with E-state index in [4.69, 9.17) is 9.72 Å². The molecule has 2 aromatic rings. The van der Waals surface area contributed by atoms with Crippen LogP contribution in [-0.4, -0.2) is 88.5 Å². The van der Waals surface area contributed by atoms with Gasteiger partial charge in [-0.1, -0.05) is 0 Å². The van der Waals surface area contributed by atoms with Crippen molar-refractivity contribution in [2.75, 3.05) is 77.5 Å². The predicted octanol–water partition coefficient (Wildman–Crippen LogP) is -1.32. The summed E-state index contributed by atoms with van der Waals surface area (Å²) >= 11 is 1.49. The first-order valence-electron chi connectivity index (χ1n) is 11.1. The van der Waals surface area contributed by atoms with Crippen molar-refractivity contribution < 1.29 is 19.3 Å². The van der Waals surface area contributed by atoms with Crippen LogP contribution in [0.15, 0.2) is 0 Å². The minimum atomic E-state index is 0.0129. The molecule has 3 N–H and O–H groups in total. The highest BCUT2D eigenvalue weighted by Crippen LogP contribution is 2.35. The van der Waals surface area contributed by atoms with Gasteiger partial charge in [-0.25, -0.2) is 9.97 Å². The standard InChI is InChI=1S/C21H32N6O2S/c1-15-17-19(27-9-7-25(3)8-10-27)23-16(2)24-21(17)30-18(15)20(28)22-5-4-6-26-11-13-29-14-12-26/h4-14H2,1-3H3,(H,22,28)/p+2. The molecule has 4 heterocycles. The first-order chi connectivity index (χ1) is 14.5. The second-order valence-electron chi connectivity index (χ2n) is 8.50. The molecule has 30 heavy (non-hydrogen) atoms. The minimum absolute atomic E-state index is 0.0129. The van der Waals surface area contributed by atoms with E-state index in [2.05, 4.69) is 22.2 Å². The Kier molecular flexibility index (Phi) is 6.82. The van der Waals surface area contributed by atoms with Crippen LogP contribution in [0.3, 0.4) is 0 Å². The molecular formula is C21H34N6O2S+2. The second-order valence-corrected chi connectivity index (χ2v) is 9.50. The zero-order chi connectivity index (χ0) is 21.1. The molecule has 4 rings (SSSR count). The number of nitrogens with zero attached hydrogens (tertiary/aromatic N) is 3. The van der Waals surface area contributed by atoms with Gasteiger partial charge in [-0.3, -0.25) is 4.79 Å². The Bertz CT molecular complexity index is 887. The summed E-state index contributed by atoms with van der Waals surface area (Å²) in [4.78, 5) is 29.5. The SMILES string of the molecule is Cc1nc(N2CC[NH+](C)CC2)c2c(C)c(C(=O)NCCC[NH+]3CCOCC3)sc2n1. The number of nitrogens with one attached hydrogen (secondary N) is 3. The molecule has 0 saturated carbocycles. The third-order valence-corrected chi connectivity index (χ3v) is 7.38. The number of morpholine rings is 1. The summed E-state index contributed by atoms with van der Waals surface area (Å²) < 4.78 is 5.41. The van der Waals surface area contributed by atoms with Crippen molar-refractivity contribution in [1.29, 1.82) is 0 Å². The number of piperazine rings is 1. The summed E-state index contributed by atoms with van der Waals surface area (Å²) in [5.41, 5.74) is 1.01. The fourth-order valence-corrected chi connectivity index (χ4v) is 5.44. The second kappa shape index (κ2) is 9.55. The van der Waals surface area contributed by atoms with Crippen molar-refractivity contribution in [3.05, 3.63) is 16.3 Å². The van der Waals surface area contributed by atoms with Crippen LogP contribution in [0, 0.1) is 13.8 Å². The van der Waals surface area contributed by atoms with Gasteiger partial charge >= 0.3 is 0 Å². The minimum Gasteiger partial charge on any atom is -0.370 e. The van der Waals surface area contributed by atoms with E-state index in [0.717, 1.165) is 97.7 Å². The van der Waals surface area contributed by atoms with Gasteiger partial charge in [0.1, 0.15) is 29.6 Å². The van der Waals surface area contributed by atoms with Crippen LogP contribution in [0.5, 0.6) is 0 Å². The van der Waals surface area contributed by atoms with E-state index in [0.29, 0.717) is 6.54 Å². The first-order valence-corrected chi connectivity index (χ1v) is 11.9. The van der Waals surface area contributed by atoms with Crippen LogP contribution in [0.25, 0.3) is 10.2 Å². The van der Waals surface area contributed by atoms with Gasteiger partial charge in [0.05, 0.1) is 63.2 Å². The smallest absolute Gasteiger partial charge is 0.261 e. The van der Waals surface area contributed by atoms with E-state index < -0.39 is 0 Å². The number of amides is 1. The van der Waals surface area contributed by atoms with Crippen LogP contribution < -0.4 is 20.0 Å². The molecule has 9 heteroatoms. The molecule has 2 aliphatic rings. The Hall–Kier alpha value is -1.81. The van der Waals surface area contributed by atoms with Gasteiger partial charge in [0, 0.05) is 13.0 Å². The maximum Gasteiger partial charge on any atom is 0.261 e.